The SMILES string of the molecule is CCCCCC[C@H](C)OC(=O)c1ccc(-c2ccc(OC(=O)c3ccc(OCCOCC(F)(F)C(F)(F)C(F)(F)F)cc3)cc2)cc1. The Morgan fingerprint density at radius 3 is 1.79 bits per heavy atom. The Morgan fingerprint density at radius 1 is 0.681 bits per heavy atom. The van der Waals surface area contributed by atoms with Crippen LogP contribution in [0.25, 0.3) is 11.1 Å². The molecule has 3 aromatic rings. The van der Waals surface area contributed by atoms with Gasteiger partial charge in [-0.05, 0) is 79.4 Å². The molecule has 0 spiro atoms. The third-order valence-electron chi connectivity index (χ3n) is 6.98. The number of benzene rings is 3. The smallest absolute Gasteiger partial charge is 0.459 e. The van der Waals surface area contributed by atoms with Crippen LogP contribution in [0.1, 0.15) is 66.7 Å². The molecule has 0 bridgehead atoms. The maximum absolute atomic E-state index is 13.2. The van der Waals surface area contributed by atoms with Crippen LogP contribution >= 0.6 is 0 Å². The molecule has 0 N–H and O–H groups in total. The molecule has 0 radical (unpaired) electrons. The minimum atomic E-state index is -6.43. The molecule has 256 valence electrons. The number of hydrogen-bond donors (Lipinski definition) is 0. The van der Waals surface area contributed by atoms with Crippen LogP contribution in [0.2, 0.25) is 0 Å². The molecule has 3 aromatic carbocycles. The van der Waals surface area contributed by atoms with Crippen LogP contribution in [0.15, 0.2) is 72.8 Å². The van der Waals surface area contributed by atoms with Gasteiger partial charge in [0.15, 0.2) is 0 Å². The van der Waals surface area contributed by atoms with Crippen molar-refractivity contribution in [2.75, 3.05) is 19.8 Å². The zero-order valence-corrected chi connectivity index (χ0v) is 25.8. The molecular weight excluding hydrogens is 637 g/mol. The first-order valence-electron chi connectivity index (χ1n) is 14.9. The lowest BCUT2D eigenvalue weighted by molar-refractivity contribution is -0.361. The molecule has 0 unspecified atom stereocenters. The van der Waals surface area contributed by atoms with Crippen molar-refractivity contribution in [3.63, 3.8) is 0 Å². The number of rotatable bonds is 17. The first-order chi connectivity index (χ1) is 22.1. The second-order valence-electron chi connectivity index (χ2n) is 10.8. The number of ether oxygens (including phenoxy) is 4. The molecule has 3 rings (SSSR count). The van der Waals surface area contributed by atoms with Gasteiger partial charge in [-0.2, -0.15) is 30.7 Å². The minimum Gasteiger partial charge on any atom is -0.491 e. The molecule has 0 saturated heterocycles. The topological polar surface area (TPSA) is 71.1 Å². The van der Waals surface area contributed by atoms with Crippen LogP contribution in [-0.4, -0.2) is 55.9 Å². The second kappa shape index (κ2) is 16.6. The van der Waals surface area contributed by atoms with Gasteiger partial charge in [0.25, 0.3) is 0 Å². The maximum atomic E-state index is 13.2. The molecule has 13 heteroatoms. The number of hydrogen-bond acceptors (Lipinski definition) is 6. The van der Waals surface area contributed by atoms with Gasteiger partial charge in [0, 0.05) is 0 Å². The van der Waals surface area contributed by atoms with Crippen LogP contribution in [0.4, 0.5) is 30.7 Å². The lowest BCUT2D eigenvalue weighted by Gasteiger charge is -2.27. The second-order valence-corrected chi connectivity index (χ2v) is 10.8. The summed E-state index contributed by atoms with van der Waals surface area (Å²) >= 11 is 0. The largest absolute Gasteiger partial charge is 0.491 e. The summed E-state index contributed by atoms with van der Waals surface area (Å²) in [4.78, 5) is 25.0. The van der Waals surface area contributed by atoms with Crippen molar-refractivity contribution in [1.29, 1.82) is 0 Å². The van der Waals surface area contributed by atoms with Gasteiger partial charge in [-0.1, -0.05) is 50.5 Å². The Bertz CT molecular complexity index is 1420. The van der Waals surface area contributed by atoms with E-state index < -0.39 is 43.8 Å². The van der Waals surface area contributed by atoms with Gasteiger partial charge in [-0.25, -0.2) is 9.59 Å². The number of carbonyl (C=O) groups is 2. The highest BCUT2D eigenvalue weighted by Crippen LogP contribution is 2.46. The van der Waals surface area contributed by atoms with Gasteiger partial charge in [-0.15, -0.1) is 0 Å². The third kappa shape index (κ3) is 10.7. The van der Waals surface area contributed by atoms with E-state index in [1.54, 1.807) is 48.5 Å². The van der Waals surface area contributed by atoms with Crippen molar-refractivity contribution in [3.05, 3.63) is 83.9 Å². The van der Waals surface area contributed by atoms with E-state index in [0.717, 1.165) is 43.2 Å². The average molecular weight is 673 g/mol. The molecule has 0 amide bonds. The third-order valence-corrected chi connectivity index (χ3v) is 6.98. The lowest BCUT2D eigenvalue weighted by Crippen LogP contribution is -2.54. The van der Waals surface area contributed by atoms with Gasteiger partial charge in [-0.3, -0.25) is 0 Å². The molecule has 0 fully saturated rings. The van der Waals surface area contributed by atoms with Crippen molar-refractivity contribution in [2.24, 2.45) is 0 Å². The monoisotopic (exact) mass is 672 g/mol. The molecule has 0 heterocycles. The van der Waals surface area contributed by atoms with Gasteiger partial charge < -0.3 is 18.9 Å². The summed E-state index contributed by atoms with van der Waals surface area (Å²) in [5.74, 6) is -12.4. The fraction of sp³-hybridized carbons (Fsp3) is 0.412. The van der Waals surface area contributed by atoms with Gasteiger partial charge in [0.1, 0.15) is 24.7 Å². The van der Waals surface area contributed by atoms with E-state index in [0.29, 0.717) is 5.56 Å². The molecule has 6 nitrogen and oxygen atoms in total. The highest BCUT2D eigenvalue weighted by Gasteiger charge is 2.73. The first kappa shape index (κ1) is 37.3. The van der Waals surface area contributed by atoms with Gasteiger partial charge in [0.2, 0.25) is 0 Å². The Morgan fingerprint density at radius 2 is 1.21 bits per heavy atom. The van der Waals surface area contributed by atoms with E-state index in [1.165, 1.54) is 24.3 Å². The lowest BCUT2D eigenvalue weighted by atomic mass is 10.0. The highest BCUT2D eigenvalue weighted by atomic mass is 19.4. The molecule has 0 aliphatic rings. The van der Waals surface area contributed by atoms with Crippen molar-refractivity contribution < 1.29 is 59.3 Å². The highest BCUT2D eigenvalue weighted by molar-refractivity contribution is 5.91. The van der Waals surface area contributed by atoms with Crippen LogP contribution in [0.3, 0.4) is 0 Å². The normalized spacial score (nSPS) is 12.8. The van der Waals surface area contributed by atoms with E-state index >= 15 is 0 Å². The van der Waals surface area contributed by atoms with Crippen molar-refractivity contribution in [2.45, 2.75) is 70.1 Å². The molecule has 47 heavy (non-hydrogen) atoms. The number of unbranched alkanes of at least 4 members (excludes halogenated alkanes) is 3. The number of alkyl halides is 7. The van der Waals surface area contributed by atoms with Crippen molar-refractivity contribution >= 4 is 11.9 Å². The van der Waals surface area contributed by atoms with Gasteiger partial charge >= 0.3 is 30.0 Å². The Hall–Kier alpha value is -4.13. The van der Waals surface area contributed by atoms with E-state index in [2.05, 4.69) is 11.7 Å². The maximum Gasteiger partial charge on any atom is 0.459 e. The summed E-state index contributed by atoms with van der Waals surface area (Å²) < 4.78 is 109. The van der Waals surface area contributed by atoms with E-state index in [9.17, 15) is 40.3 Å². The molecule has 1 atom stereocenters. The molecule has 0 aliphatic heterocycles. The van der Waals surface area contributed by atoms with Gasteiger partial charge in [0.05, 0.1) is 23.8 Å². The van der Waals surface area contributed by atoms with E-state index in [4.69, 9.17) is 14.2 Å². The molecule has 0 saturated carbocycles. The fourth-order valence-electron chi connectivity index (χ4n) is 4.25. The predicted octanol–water partition coefficient (Wildman–Crippen LogP) is 9.32. The molecule has 0 aromatic heterocycles. The standard InChI is InChI=1S/C34H35F7O6/c1-3-4-5-6-7-23(2)46-30(42)26-10-8-24(9-11-26)25-12-18-29(19-13-25)47-31(43)27-14-16-28(17-15-27)45-21-20-44-22-32(35,36)33(37,38)34(39,40)41/h8-19,23H,3-7,20-22H2,1-2H3/t23-/m0/s1. The van der Waals surface area contributed by atoms with Crippen LogP contribution in [0, 0.1) is 0 Å². The number of esters is 2. The Balaban J connectivity index is 1.44. The zero-order valence-electron chi connectivity index (χ0n) is 25.8. The summed E-state index contributed by atoms with van der Waals surface area (Å²) in [5.41, 5.74) is 2.24. The molecular formula is C34H35F7O6. The first-order valence-corrected chi connectivity index (χ1v) is 14.9. The summed E-state index contributed by atoms with van der Waals surface area (Å²) in [6.45, 7) is 0.740. The summed E-state index contributed by atoms with van der Waals surface area (Å²) in [7, 11) is 0. The summed E-state index contributed by atoms with van der Waals surface area (Å²) in [6.07, 6.45) is -1.34. The Labute approximate surface area is 267 Å². The fourth-order valence-corrected chi connectivity index (χ4v) is 4.25. The predicted molar refractivity (Wildman–Crippen MR) is 159 cm³/mol. The van der Waals surface area contributed by atoms with Crippen molar-refractivity contribution in [1.82, 2.24) is 0 Å². The van der Waals surface area contributed by atoms with Crippen molar-refractivity contribution in [3.8, 4) is 22.6 Å². The summed E-state index contributed by atoms with van der Waals surface area (Å²) in [6, 6.07) is 19.0. The summed E-state index contributed by atoms with van der Waals surface area (Å²) in [5, 5.41) is 0. The van der Waals surface area contributed by atoms with Crippen LogP contribution in [0.5, 0.6) is 11.5 Å². The van der Waals surface area contributed by atoms with Crippen LogP contribution < -0.4 is 9.47 Å². The zero-order chi connectivity index (χ0) is 34.7. The van der Waals surface area contributed by atoms with Crippen LogP contribution in [-0.2, 0) is 9.47 Å². The van der Waals surface area contributed by atoms with E-state index in [-0.39, 0.29) is 29.1 Å². The quantitative estimate of drug-likeness (QED) is 0.0616. The Kier molecular flexibility index (Phi) is 13.2. The number of halogens is 7. The average Bonchev–Trinajstić information content (AvgIpc) is 3.03. The minimum absolute atomic E-state index is 0.143. The molecule has 0 aliphatic carbocycles. The van der Waals surface area contributed by atoms with E-state index in [1.807, 2.05) is 6.92 Å². The number of carbonyl (C=O) groups excluding carboxylic acids is 2.